The second-order valence-corrected chi connectivity index (χ2v) is 9.00. The second-order valence-electron chi connectivity index (χ2n) is 9.00. The van der Waals surface area contributed by atoms with Gasteiger partial charge in [0.1, 0.15) is 0 Å². The first-order chi connectivity index (χ1) is 29.9. The molecule has 0 aromatic heterocycles. The summed E-state index contributed by atoms with van der Waals surface area (Å²) in [5, 5.41) is -1.75. The Hall–Kier alpha value is -5.20. The molecule has 0 heterocycles. The Morgan fingerprint density at radius 1 is 0.250 bits per heavy atom. The Morgan fingerprint density at radius 2 is 0.600 bits per heavy atom. The van der Waals surface area contributed by atoms with Gasteiger partial charge in [0.2, 0.25) is 0 Å². The lowest BCUT2D eigenvalue weighted by atomic mass is 9.91. The van der Waals surface area contributed by atoms with Gasteiger partial charge in [0.05, 0.1) is 32.9 Å². The van der Waals surface area contributed by atoms with E-state index < -0.39 is 145 Å². The van der Waals surface area contributed by atoms with Crippen LogP contribution >= 0.6 is 0 Å². The molecule has 10 rings (SSSR count). The molecule has 0 saturated carbocycles. The minimum Gasteiger partial charge on any atom is -0.0616 e. The third kappa shape index (κ3) is 3.02. The van der Waals surface area contributed by atoms with E-state index in [1.165, 1.54) is 0 Å². The summed E-state index contributed by atoms with van der Waals surface area (Å²) in [5.74, 6) is 0. The maximum atomic E-state index is 8.70. The van der Waals surface area contributed by atoms with Crippen LogP contribution in [0.2, 0.25) is 0 Å². The quantitative estimate of drug-likeness (QED) is 0.136. The maximum Gasteiger partial charge on any atom is 0.0636 e. The van der Waals surface area contributed by atoms with Gasteiger partial charge < -0.3 is 0 Å². The molecule has 184 valence electrons. The lowest BCUT2D eigenvalue weighted by Crippen LogP contribution is -1.85. The minimum absolute atomic E-state index is 0.0193. The number of hydrogen-bond acceptors (Lipinski definition) is 0. The van der Waals surface area contributed by atoms with E-state index >= 15 is 0 Å². The summed E-state index contributed by atoms with van der Waals surface area (Å²) in [6.45, 7) is 0. The average Bonchev–Trinajstić information content (AvgIpc) is 3.25. The van der Waals surface area contributed by atoms with Crippen LogP contribution < -0.4 is 0 Å². The van der Waals surface area contributed by atoms with Gasteiger partial charge in [0, 0.05) is 0 Å². The lowest BCUT2D eigenvalue weighted by molar-refractivity contribution is 1.78. The Labute approximate surface area is 265 Å². The van der Waals surface area contributed by atoms with Crippen LogP contribution in [0.25, 0.3) is 86.2 Å². The van der Waals surface area contributed by atoms with Crippen LogP contribution in [-0.2, 0) is 0 Å². The first kappa shape index (κ1) is 8.91. The number of fused-ring (bicyclic) bond motifs is 4. The summed E-state index contributed by atoms with van der Waals surface area (Å²) in [6, 6.07) is -12.1. The average molecular weight is 529 g/mol. The van der Waals surface area contributed by atoms with Gasteiger partial charge in [-0.05, 0) is 98.3 Å². The van der Waals surface area contributed by atoms with Crippen LogP contribution in [0.4, 0.5) is 0 Å². The molecule has 0 spiro atoms. The van der Waals surface area contributed by atoms with E-state index in [9.17, 15) is 0 Å². The highest BCUT2D eigenvalue weighted by atomic mass is 14.1. The van der Waals surface area contributed by atoms with Crippen LogP contribution in [0, 0.1) is 0 Å². The predicted octanol–water partition coefficient (Wildman–Crippen LogP) is 11.5. The summed E-state index contributed by atoms with van der Waals surface area (Å²) in [4.78, 5) is 0. The normalized spacial score (nSPS) is 20.4. The Kier molecular flexibility index (Phi) is 1.82. The summed E-state index contributed by atoms with van der Waals surface area (Å²) in [7, 11) is 0. The smallest absolute Gasteiger partial charge is 0.0616 e. The molecule has 0 nitrogen and oxygen atoms in total. The molecule has 0 saturated heterocycles. The van der Waals surface area contributed by atoms with Crippen molar-refractivity contribution in [2.75, 3.05) is 0 Å². The van der Waals surface area contributed by atoms with Gasteiger partial charge >= 0.3 is 0 Å². The fourth-order valence-corrected chi connectivity index (χ4v) is 5.19. The van der Waals surface area contributed by atoms with E-state index in [1.54, 1.807) is 0 Å². The number of rotatable bonds is 0. The molecule has 10 aromatic rings. The van der Waals surface area contributed by atoms with Gasteiger partial charge in [0.25, 0.3) is 0 Å². The molecule has 0 aliphatic heterocycles. The van der Waals surface area contributed by atoms with Crippen LogP contribution in [0.3, 0.4) is 0 Å². The zero-order chi connectivity index (χ0) is 47.1. The van der Waals surface area contributed by atoms with Crippen molar-refractivity contribution in [3.8, 4) is 0 Å². The van der Waals surface area contributed by atoms with Crippen molar-refractivity contribution in [2.45, 2.75) is 0 Å². The fourth-order valence-electron chi connectivity index (χ4n) is 5.19. The summed E-state index contributed by atoms with van der Waals surface area (Å²) in [5.41, 5.74) is 0. The van der Waals surface area contributed by atoms with Crippen LogP contribution in [0.5, 0.6) is 0 Å². The molecule has 0 aliphatic rings. The second kappa shape index (κ2) is 8.15. The molecular formula is C40H24. The van der Waals surface area contributed by atoms with Gasteiger partial charge in [0.15, 0.2) is 0 Å². The van der Waals surface area contributed by atoms with Crippen molar-refractivity contribution >= 4 is 86.2 Å². The van der Waals surface area contributed by atoms with E-state index in [1.807, 2.05) is 0 Å². The first-order valence-electron chi connectivity index (χ1n) is 24.0. The summed E-state index contributed by atoms with van der Waals surface area (Å²) >= 11 is 0. The van der Waals surface area contributed by atoms with Crippen molar-refractivity contribution in [1.82, 2.24) is 0 Å². The minimum atomic E-state index is -0.584. The van der Waals surface area contributed by atoms with E-state index in [0.29, 0.717) is 0 Å². The van der Waals surface area contributed by atoms with Gasteiger partial charge in [-0.2, -0.15) is 0 Å². The highest BCUT2D eigenvalue weighted by molar-refractivity contribution is 6.30. The molecule has 0 bridgehead atoms. The largest absolute Gasteiger partial charge is 0.0636 e. The zero-order valence-electron chi connectivity index (χ0n) is 44.0. The van der Waals surface area contributed by atoms with E-state index in [4.69, 9.17) is 32.9 Å². The SMILES string of the molecule is [2H]c1c([2H])c([2H])c2c(c1[2H])c([2H])c1c([2H])c([2H])c3c([2H])c([2H])c([2H])c4c([2H])c([2H])c2c1c34.[2H]c1c([2H])c([2H])c2c(c1[2H])c([2H])c1c([2H])c([2H])c3c([2H])c([2H])c([2H])c4c([2H])c([2H])c2c1c34. The monoisotopic (exact) mass is 528 g/mol. The molecule has 0 aliphatic carbocycles. The molecule has 0 fully saturated rings. The van der Waals surface area contributed by atoms with Crippen molar-refractivity contribution in [2.24, 2.45) is 0 Å². The standard InChI is InChI=1S/2C20H12/c2*1-2-7-17-15(4-1)12-16-9-8-13-5-3-6-14-10-11-18(17)20(16)19(13)14/h2*1-12H/i2*1D,2D,3D,4D,5D,6D,7D,8D,9D,10D,11D,12D. The molecule has 0 amide bonds. The van der Waals surface area contributed by atoms with Gasteiger partial charge in [-0.1, -0.05) is 133 Å². The molecule has 40 heavy (non-hydrogen) atoms. The van der Waals surface area contributed by atoms with Crippen molar-refractivity contribution in [1.29, 1.82) is 0 Å². The number of benzene rings is 10. The van der Waals surface area contributed by atoms with Crippen LogP contribution in [-0.4, -0.2) is 0 Å². The molecular weight excluding hydrogens is 480 g/mol. The predicted molar refractivity (Wildman–Crippen MR) is 175 cm³/mol. The molecule has 0 N–H and O–H groups in total. The molecule has 10 aromatic carbocycles. The highest BCUT2D eigenvalue weighted by Crippen LogP contribution is 2.39. The Morgan fingerprint density at radius 3 is 1.05 bits per heavy atom. The summed E-state index contributed by atoms with van der Waals surface area (Å²) < 4.78 is 200. The topological polar surface area (TPSA) is 0 Å². The molecule has 0 heteroatoms. The third-order valence-corrected chi connectivity index (χ3v) is 6.88. The van der Waals surface area contributed by atoms with E-state index in [0.717, 1.165) is 0 Å². The van der Waals surface area contributed by atoms with Gasteiger partial charge in [-0.25, -0.2) is 0 Å². The van der Waals surface area contributed by atoms with E-state index in [2.05, 4.69) is 0 Å². The first-order valence-corrected chi connectivity index (χ1v) is 12.0. The van der Waals surface area contributed by atoms with Crippen molar-refractivity contribution in [3.63, 3.8) is 0 Å². The van der Waals surface area contributed by atoms with Crippen molar-refractivity contribution in [3.05, 3.63) is 145 Å². The Balaban J connectivity index is 0.000000162. The van der Waals surface area contributed by atoms with Crippen LogP contribution in [0.15, 0.2) is 145 Å². The molecule has 0 unspecified atom stereocenters. The van der Waals surface area contributed by atoms with Crippen molar-refractivity contribution < 1.29 is 32.9 Å². The number of hydrogen-bond donors (Lipinski definition) is 0. The lowest BCUT2D eigenvalue weighted by Gasteiger charge is -2.12. The third-order valence-electron chi connectivity index (χ3n) is 6.88. The van der Waals surface area contributed by atoms with E-state index in [-0.39, 0.29) is 86.2 Å². The van der Waals surface area contributed by atoms with Crippen LogP contribution in [0.1, 0.15) is 32.9 Å². The highest BCUT2D eigenvalue weighted by Gasteiger charge is 2.11. The maximum absolute atomic E-state index is 8.70. The summed E-state index contributed by atoms with van der Waals surface area (Å²) in [6.07, 6.45) is 0. The van der Waals surface area contributed by atoms with Gasteiger partial charge in [-0.15, -0.1) is 0 Å². The molecule has 0 atom stereocenters. The van der Waals surface area contributed by atoms with Gasteiger partial charge in [-0.3, -0.25) is 0 Å². The zero-order valence-corrected chi connectivity index (χ0v) is 20.0. The fraction of sp³-hybridized carbons (Fsp3) is 0. The molecule has 0 radical (unpaired) electrons. The Bertz CT molecular complexity index is 3570.